The highest BCUT2D eigenvalue weighted by atomic mass is 16.3. The van der Waals surface area contributed by atoms with Crippen LogP contribution in [-0.4, -0.2) is 33.6 Å². The van der Waals surface area contributed by atoms with Gasteiger partial charge in [-0.05, 0) is 55.3 Å². The average molecular weight is 322 g/mol. The van der Waals surface area contributed by atoms with Gasteiger partial charge in [-0.3, -0.25) is 0 Å². The molecular formula is C20H34O3. The van der Waals surface area contributed by atoms with E-state index < -0.39 is 17.6 Å². The minimum absolute atomic E-state index is 0.0637. The topological polar surface area (TPSA) is 60.7 Å². The fourth-order valence-corrected chi connectivity index (χ4v) is 6.66. The second kappa shape index (κ2) is 5.31. The zero-order valence-electron chi connectivity index (χ0n) is 15.1. The van der Waals surface area contributed by atoms with Crippen LogP contribution in [0.3, 0.4) is 0 Å². The lowest BCUT2D eigenvalue weighted by atomic mass is 9.43. The van der Waals surface area contributed by atoms with Crippen molar-refractivity contribution in [2.24, 2.45) is 34.0 Å². The van der Waals surface area contributed by atoms with Gasteiger partial charge >= 0.3 is 0 Å². The third-order valence-electron chi connectivity index (χ3n) is 8.56. The molecule has 3 aliphatic carbocycles. The van der Waals surface area contributed by atoms with Crippen molar-refractivity contribution in [2.45, 2.75) is 78.1 Å². The van der Waals surface area contributed by atoms with Crippen LogP contribution in [0.5, 0.6) is 0 Å². The fraction of sp³-hybridized carbons (Fsp3) is 0.900. The van der Waals surface area contributed by atoms with E-state index >= 15 is 0 Å². The van der Waals surface area contributed by atoms with Crippen LogP contribution in [0.1, 0.15) is 59.8 Å². The fourth-order valence-electron chi connectivity index (χ4n) is 6.66. The maximum atomic E-state index is 11.2. The molecular weight excluding hydrogens is 288 g/mol. The minimum atomic E-state index is -0.528. The molecule has 0 aromatic rings. The SMILES string of the molecule is C=C[C@]1(C)C[C@@H](O)[C@@]2(C)C3[C@H](O)CC[C@@]3(CC[C@H]2C)[C@@H](C)[C@@H]1O. The van der Waals surface area contributed by atoms with Crippen molar-refractivity contribution in [3.05, 3.63) is 12.7 Å². The molecule has 2 bridgehead atoms. The maximum absolute atomic E-state index is 11.2. The summed E-state index contributed by atoms with van der Waals surface area (Å²) in [5, 5.41) is 33.2. The van der Waals surface area contributed by atoms with Crippen LogP contribution in [0, 0.1) is 34.0 Å². The van der Waals surface area contributed by atoms with Gasteiger partial charge in [0.05, 0.1) is 18.3 Å². The summed E-state index contributed by atoms with van der Waals surface area (Å²) in [5.41, 5.74) is -0.846. The third-order valence-corrected chi connectivity index (χ3v) is 8.56. The second-order valence-electron chi connectivity index (χ2n) is 9.29. The van der Waals surface area contributed by atoms with Crippen molar-refractivity contribution < 1.29 is 15.3 Å². The second-order valence-corrected chi connectivity index (χ2v) is 9.29. The van der Waals surface area contributed by atoms with Gasteiger partial charge < -0.3 is 15.3 Å². The summed E-state index contributed by atoms with van der Waals surface area (Å²) in [6.07, 6.45) is 4.80. The summed E-state index contributed by atoms with van der Waals surface area (Å²) in [6.45, 7) is 12.6. The average Bonchev–Trinajstić information content (AvgIpc) is 2.87. The third kappa shape index (κ3) is 2.06. The molecule has 3 rings (SSSR count). The Labute approximate surface area is 140 Å². The summed E-state index contributed by atoms with van der Waals surface area (Å²) >= 11 is 0. The van der Waals surface area contributed by atoms with Crippen LogP contribution < -0.4 is 0 Å². The number of rotatable bonds is 1. The van der Waals surface area contributed by atoms with Crippen molar-refractivity contribution in [1.29, 1.82) is 0 Å². The van der Waals surface area contributed by atoms with Gasteiger partial charge in [-0.25, -0.2) is 0 Å². The van der Waals surface area contributed by atoms with Gasteiger partial charge in [-0.15, -0.1) is 6.58 Å². The van der Waals surface area contributed by atoms with E-state index in [9.17, 15) is 15.3 Å². The van der Waals surface area contributed by atoms with E-state index in [-0.39, 0.29) is 28.8 Å². The van der Waals surface area contributed by atoms with E-state index in [1.54, 1.807) is 0 Å². The predicted molar refractivity (Wildman–Crippen MR) is 91.8 cm³/mol. The van der Waals surface area contributed by atoms with Crippen molar-refractivity contribution in [2.75, 3.05) is 0 Å². The Bertz CT molecular complexity index is 491. The van der Waals surface area contributed by atoms with Gasteiger partial charge in [0.15, 0.2) is 0 Å². The molecule has 0 saturated heterocycles. The summed E-state index contributed by atoms with van der Waals surface area (Å²) in [6, 6.07) is 0. The molecule has 0 spiro atoms. The van der Waals surface area contributed by atoms with E-state index in [2.05, 4.69) is 27.4 Å². The summed E-state index contributed by atoms with van der Waals surface area (Å²) in [7, 11) is 0. The molecule has 23 heavy (non-hydrogen) atoms. The van der Waals surface area contributed by atoms with Gasteiger partial charge in [0.1, 0.15) is 0 Å². The highest BCUT2D eigenvalue weighted by Crippen LogP contribution is 2.68. The molecule has 3 nitrogen and oxygen atoms in total. The van der Waals surface area contributed by atoms with E-state index in [1.165, 1.54) is 0 Å². The van der Waals surface area contributed by atoms with E-state index in [0.717, 1.165) is 25.7 Å². The first-order valence-corrected chi connectivity index (χ1v) is 9.31. The van der Waals surface area contributed by atoms with Gasteiger partial charge in [-0.1, -0.05) is 33.8 Å². The lowest BCUT2D eigenvalue weighted by molar-refractivity contribution is -0.206. The molecule has 0 aromatic heterocycles. The van der Waals surface area contributed by atoms with E-state index in [4.69, 9.17) is 0 Å². The van der Waals surface area contributed by atoms with E-state index in [0.29, 0.717) is 12.3 Å². The number of hydrogen-bond acceptors (Lipinski definition) is 3. The number of hydrogen-bond donors (Lipinski definition) is 3. The Balaban J connectivity index is 2.19. The lowest BCUT2D eigenvalue weighted by Crippen LogP contribution is -2.62. The summed E-state index contributed by atoms with van der Waals surface area (Å²) in [4.78, 5) is 0. The molecule has 1 unspecified atom stereocenters. The quantitative estimate of drug-likeness (QED) is 0.650. The van der Waals surface area contributed by atoms with Crippen LogP contribution in [-0.2, 0) is 0 Å². The summed E-state index contributed by atoms with van der Waals surface area (Å²) in [5.74, 6) is 0.555. The van der Waals surface area contributed by atoms with Crippen LogP contribution in [0.4, 0.5) is 0 Å². The molecule has 0 aliphatic heterocycles. The largest absolute Gasteiger partial charge is 0.393 e. The lowest BCUT2D eigenvalue weighted by Gasteiger charge is -2.62. The minimum Gasteiger partial charge on any atom is -0.393 e. The van der Waals surface area contributed by atoms with Crippen molar-refractivity contribution in [3.63, 3.8) is 0 Å². The Hall–Kier alpha value is -0.380. The smallest absolute Gasteiger partial charge is 0.0659 e. The highest BCUT2D eigenvalue weighted by molar-refractivity contribution is 5.17. The molecule has 3 saturated carbocycles. The van der Waals surface area contributed by atoms with Gasteiger partial charge in [0, 0.05) is 10.8 Å². The molecule has 3 heteroatoms. The highest BCUT2D eigenvalue weighted by Gasteiger charge is 2.66. The number of aliphatic hydroxyl groups excluding tert-OH is 3. The molecule has 9 atom stereocenters. The van der Waals surface area contributed by atoms with Crippen molar-refractivity contribution in [1.82, 2.24) is 0 Å². The van der Waals surface area contributed by atoms with Gasteiger partial charge in [-0.2, -0.15) is 0 Å². The monoisotopic (exact) mass is 322 g/mol. The Kier molecular flexibility index (Phi) is 4.02. The van der Waals surface area contributed by atoms with Gasteiger partial charge in [0.2, 0.25) is 0 Å². The molecule has 3 aliphatic rings. The van der Waals surface area contributed by atoms with E-state index in [1.807, 2.05) is 13.0 Å². The summed E-state index contributed by atoms with van der Waals surface area (Å²) < 4.78 is 0. The molecule has 132 valence electrons. The molecule has 0 heterocycles. The van der Waals surface area contributed by atoms with Crippen LogP contribution >= 0.6 is 0 Å². The first-order chi connectivity index (χ1) is 10.6. The maximum Gasteiger partial charge on any atom is 0.0659 e. The zero-order chi connectivity index (χ0) is 17.2. The van der Waals surface area contributed by atoms with Gasteiger partial charge in [0.25, 0.3) is 0 Å². The molecule has 0 aromatic carbocycles. The molecule has 0 radical (unpaired) electrons. The molecule has 3 fully saturated rings. The molecule has 3 N–H and O–H groups in total. The van der Waals surface area contributed by atoms with Crippen LogP contribution in [0.25, 0.3) is 0 Å². The van der Waals surface area contributed by atoms with Crippen LogP contribution in [0.15, 0.2) is 12.7 Å². The zero-order valence-corrected chi connectivity index (χ0v) is 15.1. The van der Waals surface area contributed by atoms with Crippen molar-refractivity contribution >= 4 is 0 Å². The normalized spacial score (nSPS) is 59.8. The standard InChI is InChI=1S/C20H34O3/c1-6-18(4)11-15(22)19(5)12(2)7-9-20(13(3)17(18)23)10-8-14(21)16(19)20/h6,12-17,21-23H,1,7-11H2,2-5H3/t12-,13+,14-,15-,16?,17+,18-,19+,20+/m1/s1. The predicted octanol–water partition coefficient (Wildman–Crippen LogP) is 3.13. The molecule has 0 amide bonds. The Morgan fingerprint density at radius 3 is 2.26 bits per heavy atom. The first kappa shape index (κ1) is 17.4. The number of aliphatic hydroxyl groups is 3. The Morgan fingerprint density at radius 2 is 1.65 bits per heavy atom. The van der Waals surface area contributed by atoms with Crippen LogP contribution in [0.2, 0.25) is 0 Å². The Morgan fingerprint density at radius 1 is 1.04 bits per heavy atom. The first-order valence-electron chi connectivity index (χ1n) is 9.31. The van der Waals surface area contributed by atoms with Crippen molar-refractivity contribution in [3.8, 4) is 0 Å².